The van der Waals surface area contributed by atoms with Gasteiger partial charge in [0, 0.05) is 6.54 Å². The maximum absolute atomic E-state index is 10.9. The van der Waals surface area contributed by atoms with Crippen LogP contribution >= 0.6 is 0 Å². The van der Waals surface area contributed by atoms with Crippen molar-refractivity contribution in [1.29, 1.82) is 0 Å². The second kappa shape index (κ2) is 6.36. The fourth-order valence-corrected chi connectivity index (χ4v) is 2.17. The van der Waals surface area contributed by atoms with Gasteiger partial charge in [0.15, 0.2) is 0 Å². The van der Waals surface area contributed by atoms with Crippen molar-refractivity contribution >= 4 is 5.97 Å². The molecular formula is C13H26N2O2. The Morgan fingerprint density at radius 3 is 2.47 bits per heavy atom. The van der Waals surface area contributed by atoms with Crippen LogP contribution in [0.3, 0.4) is 0 Å². The van der Waals surface area contributed by atoms with Crippen molar-refractivity contribution in [3.63, 3.8) is 0 Å². The monoisotopic (exact) mass is 242 g/mol. The number of carboxylic acids is 1. The number of nitrogens with one attached hydrogen (secondary N) is 1. The summed E-state index contributed by atoms with van der Waals surface area (Å²) in [5.74, 6) is -0.0202. The molecule has 0 amide bonds. The van der Waals surface area contributed by atoms with Gasteiger partial charge in [-0.15, -0.1) is 0 Å². The summed E-state index contributed by atoms with van der Waals surface area (Å²) in [7, 11) is 0. The average molecular weight is 242 g/mol. The molecule has 0 aliphatic carbocycles. The number of hydrogen-bond acceptors (Lipinski definition) is 3. The zero-order valence-electron chi connectivity index (χ0n) is 11.3. The number of carboxylic acid groups (broad SMARTS) is 1. The smallest absolute Gasteiger partial charge is 0.310 e. The van der Waals surface area contributed by atoms with E-state index >= 15 is 0 Å². The highest BCUT2D eigenvalue weighted by atomic mass is 16.4. The summed E-state index contributed by atoms with van der Waals surface area (Å²) in [6.45, 7) is 10.8. The third-order valence-electron chi connectivity index (χ3n) is 3.73. The van der Waals surface area contributed by atoms with Gasteiger partial charge in [-0.05, 0) is 58.8 Å². The molecular weight excluding hydrogens is 216 g/mol. The SMILES string of the molecule is CCN1CCC(CNCC(C)(C)C(=O)O)CC1. The van der Waals surface area contributed by atoms with Gasteiger partial charge in [0.25, 0.3) is 0 Å². The summed E-state index contributed by atoms with van der Waals surface area (Å²) in [6.07, 6.45) is 2.46. The molecule has 1 saturated heterocycles. The first-order chi connectivity index (χ1) is 7.95. The first-order valence-corrected chi connectivity index (χ1v) is 6.62. The number of likely N-dealkylation sites (tertiary alicyclic amines) is 1. The summed E-state index contributed by atoms with van der Waals surface area (Å²) in [5.41, 5.74) is -0.663. The lowest BCUT2D eigenvalue weighted by Crippen LogP contribution is -2.41. The van der Waals surface area contributed by atoms with Gasteiger partial charge in [0.05, 0.1) is 5.41 Å². The molecule has 1 fully saturated rings. The highest BCUT2D eigenvalue weighted by molar-refractivity contribution is 5.73. The molecule has 17 heavy (non-hydrogen) atoms. The van der Waals surface area contributed by atoms with Gasteiger partial charge in [0.1, 0.15) is 0 Å². The first kappa shape index (κ1) is 14.5. The van der Waals surface area contributed by atoms with Crippen molar-refractivity contribution in [3.05, 3.63) is 0 Å². The lowest BCUT2D eigenvalue weighted by molar-refractivity contribution is -0.146. The number of piperidine rings is 1. The molecule has 0 aromatic heterocycles. The predicted molar refractivity (Wildman–Crippen MR) is 69.1 cm³/mol. The molecule has 0 radical (unpaired) electrons. The number of hydrogen-bond donors (Lipinski definition) is 2. The lowest BCUT2D eigenvalue weighted by atomic mass is 9.92. The molecule has 1 rings (SSSR count). The van der Waals surface area contributed by atoms with E-state index in [1.807, 2.05) is 0 Å². The van der Waals surface area contributed by atoms with Crippen LogP contribution in [0.5, 0.6) is 0 Å². The molecule has 1 heterocycles. The Bertz CT molecular complexity index is 246. The molecule has 0 spiro atoms. The maximum atomic E-state index is 10.9. The quantitative estimate of drug-likeness (QED) is 0.739. The molecule has 0 unspecified atom stereocenters. The van der Waals surface area contributed by atoms with E-state index in [9.17, 15) is 4.79 Å². The highest BCUT2D eigenvalue weighted by Gasteiger charge is 2.27. The van der Waals surface area contributed by atoms with Crippen LogP contribution in [0.1, 0.15) is 33.6 Å². The fraction of sp³-hybridized carbons (Fsp3) is 0.923. The van der Waals surface area contributed by atoms with Gasteiger partial charge in [-0.2, -0.15) is 0 Å². The van der Waals surface area contributed by atoms with E-state index in [0.29, 0.717) is 12.5 Å². The molecule has 0 aromatic rings. The van der Waals surface area contributed by atoms with Crippen molar-refractivity contribution < 1.29 is 9.90 Å². The molecule has 1 aliphatic rings. The van der Waals surface area contributed by atoms with Gasteiger partial charge in [-0.3, -0.25) is 4.79 Å². The second-order valence-corrected chi connectivity index (χ2v) is 5.70. The summed E-state index contributed by atoms with van der Waals surface area (Å²) in [5, 5.41) is 12.3. The van der Waals surface area contributed by atoms with Crippen molar-refractivity contribution in [3.8, 4) is 0 Å². The minimum Gasteiger partial charge on any atom is -0.481 e. The average Bonchev–Trinajstić information content (AvgIpc) is 2.29. The molecule has 4 nitrogen and oxygen atoms in total. The van der Waals surface area contributed by atoms with E-state index in [-0.39, 0.29) is 0 Å². The van der Waals surface area contributed by atoms with Gasteiger partial charge in [0.2, 0.25) is 0 Å². The van der Waals surface area contributed by atoms with E-state index < -0.39 is 11.4 Å². The summed E-state index contributed by atoms with van der Waals surface area (Å²) < 4.78 is 0. The molecule has 0 atom stereocenters. The zero-order valence-corrected chi connectivity index (χ0v) is 11.3. The third-order valence-corrected chi connectivity index (χ3v) is 3.73. The zero-order chi connectivity index (χ0) is 12.9. The Hall–Kier alpha value is -0.610. The van der Waals surface area contributed by atoms with Crippen molar-refractivity contribution in [2.45, 2.75) is 33.6 Å². The maximum Gasteiger partial charge on any atom is 0.310 e. The Kier molecular flexibility index (Phi) is 5.40. The van der Waals surface area contributed by atoms with Crippen LogP contribution in [0.25, 0.3) is 0 Å². The number of carbonyl (C=O) groups is 1. The van der Waals surface area contributed by atoms with Gasteiger partial charge in [-0.25, -0.2) is 0 Å². The standard InChI is InChI=1S/C13H26N2O2/c1-4-15-7-5-11(6-8-15)9-14-10-13(2,3)12(16)17/h11,14H,4-10H2,1-3H3,(H,16,17). The third kappa shape index (κ3) is 4.64. The molecule has 100 valence electrons. The van der Waals surface area contributed by atoms with Crippen LogP contribution in [-0.2, 0) is 4.79 Å². The van der Waals surface area contributed by atoms with E-state index in [4.69, 9.17) is 5.11 Å². The molecule has 0 saturated carbocycles. The summed E-state index contributed by atoms with van der Waals surface area (Å²) in [6, 6.07) is 0. The predicted octanol–water partition coefficient (Wildman–Crippen LogP) is 1.42. The van der Waals surface area contributed by atoms with E-state index in [0.717, 1.165) is 13.1 Å². The minimum absolute atomic E-state index is 0.552. The Labute approximate surface area is 104 Å². The number of nitrogens with zero attached hydrogens (tertiary/aromatic N) is 1. The fourth-order valence-electron chi connectivity index (χ4n) is 2.17. The Balaban J connectivity index is 2.18. The van der Waals surface area contributed by atoms with Gasteiger partial charge in [-0.1, -0.05) is 6.92 Å². The van der Waals surface area contributed by atoms with Crippen LogP contribution in [0.2, 0.25) is 0 Å². The molecule has 2 N–H and O–H groups in total. The Morgan fingerprint density at radius 1 is 1.41 bits per heavy atom. The highest BCUT2D eigenvalue weighted by Crippen LogP contribution is 2.17. The van der Waals surface area contributed by atoms with Crippen LogP contribution in [0.15, 0.2) is 0 Å². The minimum atomic E-state index is -0.731. The molecule has 4 heteroatoms. The normalized spacial score (nSPS) is 19.5. The van der Waals surface area contributed by atoms with E-state index in [2.05, 4.69) is 17.1 Å². The molecule has 1 aliphatic heterocycles. The number of rotatable bonds is 6. The van der Waals surface area contributed by atoms with Gasteiger partial charge < -0.3 is 15.3 Å². The molecule has 0 aromatic carbocycles. The van der Waals surface area contributed by atoms with Crippen molar-refractivity contribution in [2.24, 2.45) is 11.3 Å². The second-order valence-electron chi connectivity index (χ2n) is 5.70. The lowest BCUT2D eigenvalue weighted by Gasteiger charge is -2.31. The first-order valence-electron chi connectivity index (χ1n) is 6.62. The van der Waals surface area contributed by atoms with Crippen LogP contribution in [0, 0.1) is 11.3 Å². The number of aliphatic carboxylic acids is 1. The topological polar surface area (TPSA) is 52.6 Å². The summed E-state index contributed by atoms with van der Waals surface area (Å²) in [4.78, 5) is 13.4. The van der Waals surface area contributed by atoms with Crippen LogP contribution in [-0.4, -0.2) is 48.7 Å². The largest absolute Gasteiger partial charge is 0.481 e. The van der Waals surface area contributed by atoms with E-state index in [1.165, 1.54) is 25.9 Å². The molecule has 0 bridgehead atoms. The summed E-state index contributed by atoms with van der Waals surface area (Å²) >= 11 is 0. The van der Waals surface area contributed by atoms with Crippen LogP contribution < -0.4 is 5.32 Å². The van der Waals surface area contributed by atoms with Crippen LogP contribution in [0.4, 0.5) is 0 Å². The Morgan fingerprint density at radius 2 is 2.00 bits per heavy atom. The van der Waals surface area contributed by atoms with Crippen molar-refractivity contribution in [1.82, 2.24) is 10.2 Å². The van der Waals surface area contributed by atoms with E-state index in [1.54, 1.807) is 13.8 Å². The van der Waals surface area contributed by atoms with Gasteiger partial charge >= 0.3 is 5.97 Å². The van der Waals surface area contributed by atoms with Crippen molar-refractivity contribution in [2.75, 3.05) is 32.7 Å².